The number of benzene rings is 1. The van der Waals surface area contributed by atoms with Crippen LogP contribution in [0.5, 0.6) is 0 Å². The lowest BCUT2D eigenvalue weighted by atomic mass is 10.2. The molecule has 0 spiro atoms. The SMILES string of the molecule is CCCCCNC(=O)[C@@H](CC)Sc1ccc(Cl)cc1. The highest BCUT2D eigenvalue weighted by molar-refractivity contribution is 8.00. The number of unbranched alkanes of at least 4 members (excludes halogenated alkanes) is 2. The van der Waals surface area contributed by atoms with Crippen LogP contribution in [0.4, 0.5) is 0 Å². The molecule has 0 fully saturated rings. The van der Waals surface area contributed by atoms with Crippen LogP contribution in [0.1, 0.15) is 39.5 Å². The van der Waals surface area contributed by atoms with E-state index in [1.54, 1.807) is 11.8 Å². The fourth-order valence-electron chi connectivity index (χ4n) is 1.70. The Kier molecular flexibility index (Phi) is 7.99. The minimum absolute atomic E-state index is 0.0252. The maximum Gasteiger partial charge on any atom is 0.233 e. The van der Waals surface area contributed by atoms with Gasteiger partial charge in [0.2, 0.25) is 5.91 Å². The second-order valence-corrected chi connectivity index (χ2v) is 6.18. The predicted molar refractivity (Wildman–Crippen MR) is 83.9 cm³/mol. The third kappa shape index (κ3) is 6.35. The Labute approximate surface area is 125 Å². The van der Waals surface area contributed by atoms with Gasteiger partial charge in [-0.15, -0.1) is 11.8 Å². The number of nitrogens with one attached hydrogen (secondary N) is 1. The Morgan fingerprint density at radius 2 is 1.95 bits per heavy atom. The highest BCUT2D eigenvalue weighted by Crippen LogP contribution is 2.26. The summed E-state index contributed by atoms with van der Waals surface area (Å²) < 4.78 is 0. The number of hydrogen-bond acceptors (Lipinski definition) is 2. The highest BCUT2D eigenvalue weighted by atomic mass is 35.5. The van der Waals surface area contributed by atoms with Crippen molar-refractivity contribution in [2.45, 2.75) is 49.7 Å². The Balaban J connectivity index is 2.43. The lowest BCUT2D eigenvalue weighted by molar-refractivity contribution is -0.120. The lowest BCUT2D eigenvalue weighted by Gasteiger charge is -2.14. The summed E-state index contributed by atoms with van der Waals surface area (Å²) in [6, 6.07) is 7.63. The first-order chi connectivity index (χ1) is 9.17. The van der Waals surface area contributed by atoms with Crippen molar-refractivity contribution in [2.75, 3.05) is 6.54 Å². The summed E-state index contributed by atoms with van der Waals surface area (Å²) in [5.41, 5.74) is 0. The smallest absolute Gasteiger partial charge is 0.233 e. The van der Waals surface area contributed by atoms with Gasteiger partial charge in [0, 0.05) is 16.5 Å². The van der Waals surface area contributed by atoms with Crippen molar-refractivity contribution in [1.29, 1.82) is 0 Å². The first-order valence-corrected chi connectivity index (χ1v) is 8.13. The zero-order chi connectivity index (χ0) is 14.1. The molecule has 1 rings (SSSR count). The molecule has 0 saturated carbocycles. The van der Waals surface area contributed by atoms with Crippen LogP contribution in [0, 0.1) is 0 Å². The van der Waals surface area contributed by atoms with E-state index in [-0.39, 0.29) is 11.2 Å². The minimum Gasteiger partial charge on any atom is -0.355 e. The van der Waals surface area contributed by atoms with Gasteiger partial charge in [-0.05, 0) is 37.1 Å². The van der Waals surface area contributed by atoms with Gasteiger partial charge in [0.25, 0.3) is 0 Å². The number of carbonyl (C=O) groups is 1. The van der Waals surface area contributed by atoms with Crippen molar-refractivity contribution in [3.05, 3.63) is 29.3 Å². The van der Waals surface area contributed by atoms with E-state index in [1.165, 1.54) is 12.8 Å². The Bertz CT molecular complexity index is 380. The molecule has 0 saturated heterocycles. The summed E-state index contributed by atoms with van der Waals surface area (Å²) in [5, 5.41) is 3.71. The number of amides is 1. The summed E-state index contributed by atoms with van der Waals surface area (Å²) in [6.45, 7) is 4.98. The number of halogens is 1. The van der Waals surface area contributed by atoms with Gasteiger partial charge in [0.1, 0.15) is 0 Å². The minimum atomic E-state index is -0.0252. The topological polar surface area (TPSA) is 29.1 Å². The molecule has 1 aromatic rings. The third-order valence-electron chi connectivity index (χ3n) is 2.83. The van der Waals surface area contributed by atoms with Crippen LogP contribution < -0.4 is 5.32 Å². The molecule has 0 radical (unpaired) electrons. The molecule has 2 nitrogen and oxygen atoms in total. The molecule has 0 aromatic heterocycles. The van der Waals surface area contributed by atoms with Gasteiger partial charge in [0.15, 0.2) is 0 Å². The second kappa shape index (κ2) is 9.27. The summed E-state index contributed by atoms with van der Waals surface area (Å²) in [4.78, 5) is 13.1. The molecule has 1 aromatic carbocycles. The summed E-state index contributed by atoms with van der Waals surface area (Å²) in [5.74, 6) is 0.138. The van der Waals surface area contributed by atoms with Gasteiger partial charge < -0.3 is 5.32 Å². The molecule has 0 unspecified atom stereocenters. The maximum atomic E-state index is 12.1. The molecule has 0 aliphatic carbocycles. The van der Waals surface area contributed by atoms with E-state index in [0.29, 0.717) is 0 Å². The molecule has 0 heterocycles. The largest absolute Gasteiger partial charge is 0.355 e. The average Bonchev–Trinajstić information content (AvgIpc) is 2.42. The van der Waals surface area contributed by atoms with Crippen molar-refractivity contribution in [3.8, 4) is 0 Å². The molecular weight excluding hydrogens is 278 g/mol. The van der Waals surface area contributed by atoms with E-state index in [1.807, 2.05) is 31.2 Å². The third-order valence-corrected chi connectivity index (χ3v) is 4.46. The molecule has 19 heavy (non-hydrogen) atoms. The van der Waals surface area contributed by atoms with Crippen LogP contribution >= 0.6 is 23.4 Å². The molecule has 1 atom stereocenters. The van der Waals surface area contributed by atoms with Crippen LogP contribution in [0.15, 0.2) is 29.2 Å². The number of carbonyl (C=O) groups excluding carboxylic acids is 1. The quantitative estimate of drug-likeness (QED) is 0.565. The van der Waals surface area contributed by atoms with Crippen LogP contribution in [0.2, 0.25) is 5.02 Å². The fourth-order valence-corrected chi connectivity index (χ4v) is 2.80. The number of rotatable bonds is 8. The normalized spacial score (nSPS) is 12.2. The van der Waals surface area contributed by atoms with Crippen LogP contribution in [0.3, 0.4) is 0 Å². The average molecular weight is 300 g/mol. The van der Waals surface area contributed by atoms with Crippen molar-refractivity contribution in [1.82, 2.24) is 5.32 Å². The van der Waals surface area contributed by atoms with Crippen LogP contribution in [-0.2, 0) is 4.79 Å². The standard InChI is InChI=1S/C15H22ClNOS/c1-3-5-6-11-17-15(18)14(4-2)19-13-9-7-12(16)8-10-13/h7-10,14H,3-6,11H2,1-2H3,(H,17,18)/t14-/m1/s1. The van der Waals surface area contributed by atoms with Gasteiger partial charge >= 0.3 is 0 Å². The number of hydrogen-bond donors (Lipinski definition) is 1. The molecule has 1 N–H and O–H groups in total. The molecular formula is C15H22ClNOS. The van der Waals surface area contributed by atoms with E-state index in [2.05, 4.69) is 12.2 Å². The molecule has 0 bridgehead atoms. The maximum absolute atomic E-state index is 12.1. The monoisotopic (exact) mass is 299 g/mol. The molecule has 0 aliphatic heterocycles. The number of thioether (sulfide) groups is 1. The van der Waals surface area contributed by atoms with E-state index in [0.717, 1.165) is 29.3 Å². The summed E-state index contributed by atoms with van der Waals surface area (Å²) >= 11 is 7.45. The van der Waals surface area contributed by atoms with Crippen LogP contribution in [0.25, 0.3) is 0 Å². The zero-order valence-corrected chi connectivity index (χ0v) is 13.2. The van der Waals surface area contributed by atoms with Gasteiger partial charge in [-0.3, -0.25) is 4.79 Å². The first-order valence-electron chi connectivity index (χ1n) is 6.87. The fraction of sp³-hybridized carbons (Fsp3) is 0.533. The Morgan fingerprint density at radius 1 is 1.26 bits per heavy atom. The summed E-state index contributed by atoms with van der Waals surface area (Å²) in [6.07, 6.45) is 4.23. The van der Waals surface area contributed by atoms with E-state index in [4.69, 9.17) is 11.6 Å². The van der Waals surface area contributed by atoms with Crippen molar-refractivity contribution >= 4 is 29.3 Å². The van der Waals surface area contributed by atoms with Gasteiger partial charge in [-0.2, -0.15) is 0 Å². The molecule has 1 amide bonds. The molecule has 4 heteroatoms. The Morgan fingerprint density at radius 3 is 2.53 bits per heavy atom. The first kappa shape index (κ1) is 16.4. The lowest BCUT2D eigenvalue weighted by Crippen LogP contribution is -2.32. The zero-order valence-electron chi connectivity index (χ0n) is 11.6. The van der Waals surface area contributed by atoms with Crippen molar-refractivity contribution < 1.29 is 4.79 Å². The summed E-state index contributed by atoms with van der Waals surface area (Å²) in [7, 11) is 0. The molecule has 0 aliphatic rings. The van der Waals surface area contributed by atoms with Crippen LogP contribution in [-0.4, -0.2) is 17.7 Å². The van der Waals surface area contributed by atoms with Crippen molar-refractivity contribution in [2.24, 2.45) is 0 Å². The van der Waals surface area contributed by atoms with Crippen molar-refractivity contribution in [3.63, 3.8) is 0 Å². The van der Waals surface area contributed by atoms with Gasteiger partial charge in [-0.1, -0.05) is 38.3 Å². The van der Waals surface area contributed by atoms with E-state index < -0.39 is 0 Å². The Hall–Kier alpha value is -0.670. The highest BCUT2D eigenvalue weighted by Gasteiger charge is 2.17. The van der Waals surface area contributed by atoms with E-state index in [9.17, 15) is 4.79 Å². The molecule has 106 valence electrons. The van der Waals surface area contributed by atoms with E-state index >= 15 is 0 Å². The van der Waals surface area contributed by atoms with Gasteiger partial charge in [0.05, 0.1) is 5.25 Å². The predicted octanol–water partition coefficient (Wildman–Crippen LogP) is 4.52. The second-order valence-electron chi connectivity index (χ2n) is 4.47. The van der Waals surface area contributed by atoms with Gasteiger partial charge in [-0.25, -0.2) is 0 Å².